The molecule has 0 aromatic heterocycles. The van der Waals surface area contributed by atoms with Gasteiger partial charge in [0.25, 0.3) is 0 Å². The number of aliphatic hydroxyl groups excluding tert-OH is 1. The van der Waals surface area contributed by atoms with Gasteiger partial charge in [0.15, 0.2) is 0 Å². The highest BCUT2D eigenvalue weighted by Crippen LogP contribution is 2.33. The molecule has 2 aliphatic heterocycles. The van der Waals surface area contributed by atoms with E-state index in [9.17, 15) is 5.11 Å². The van der Waals surface area contributed by atoms with E-state index in [2.05, 4.69) is 11.9 Å². The Bertz CT molecular complexity index is 123. The summed E-state index contributed by atoms with van der Waals surface area (Å²) < 4.78 is 0. The quantitative estimate of drug-likeness (QED) is 0.534. The maximum Gasteiger partial charge on any atom is 0.0570 e. The van der Waals surface area contributed by atoms with Gasteiger partial charge in [0.05, 0.1) is 6.10 Å². The van der Waals surface area contributed by atoms with Crippen molar-refractivity contribution in [1.82, 2.24) is 4.90 Å². The van der Waals surface area contributed by atoms with Crippen molar-refractivity contribution < 1.29 is 5.11 Å². The van der Waals surface area contributed by atoms with Gasteiger partial charge in [0.2, 0.25) is 0 Å². The molecule has 2 heteroatoms. The summed E-state index contributed by atoms with van der Waals surface area (Å²) in [6, 6.07) is 1.38. The van der Waals surface area contributed by atoms with Gasteiger partial charge in [-0.25, -0.2) is 0 Å². The second kappa shape index (κ2) is 2.21. The summed E-state index contributed by atoms with van der Waals surface area (Å²) in [7, 11) is 2.19. The molecule has 2 rings (SSSR count). The first-order valence-electron chi connectivity index (χ1n) is 4.17. The van der Waals surface area contributed by atoms with Crippen molar-refractivity contribution in [2.75, 3.05) is 7.05 Å². The second-order valence-electron chi connectivity index (χ2n) is 3.68. The van der Waals surface area contributed by atoms with Gasteiger partial charge in [-0.15, -0.1) is 0 Å². The fourth-order valence-electron chi connectivity index (χ4n) is 2.38. The van der Waals surface area contributed by atoms with Crippen LogP contribution in [-0.4, -0.2) is 35.2 Å². The van der Waals surface area contributed by atoms with E-state index in [1.54, 1.807) is 0 Å². The molecule has 2 fully saturated rings. The van der Waals surface area contributed by atoms with Crippen molar-refractivity contribution in [3.05, 3.63) is 0 Å². The molecule has 3 atom stereocenters. The van der Waals surface area contributed by atoms with Crippen LogP contribution in [0.3, 0.4) is 0 Å². The molecular weight excluding hydrogens is 126 g/mol. The summed E-state index contributed by atoms with van der Waals surface area (Å²) in [6.07, 6.45) is 4.62. The molecule has 10 heavy (non-hydrogen) atoms. The maximum absolute atomic E-state index is 9.38. The highest BCUT2D eigenvalue weighted by atomic mass is 16.3. The topological polar surface area (TPSA) is 23.5 Å². The Balaban J connectivity index is 2.09. The zero-order valence-corrected chi connectivity index (χ0v) is 6.45. The van der Waals surface area contributed by atoms with E-state index in [-0.39, 0.29) is 6.10 Å². The minimum atomic E-state index is -0.00583. The van der Waals surface area contributed by atoms with Gasteiger partial charge < -0.3 is 10.0 Å². The van der Waals surface area contributed by atoms with Gasteiger partial charge in [0.1, 0.15) is 0 Å². The molecule has 2 bridgehead atoms. The van der Waals surface area contributed by atoms with Crippen molar-refractivity contribution in [3.8, 4) is 0 Å². The Morgan fingerprint density at radius 1 is 1.20 bits per heavy atom. The maximum atomic E-state index is 9.38. The average molecular weight is 141 g/mol. The smallest absolute Gasteiger partial charge is 0.0570 e. The van der Waals surface area contributed by atoms with E-state index in [1.807, 2.05) is 0 Å². The molecule has 0 radical (unpaired) electrons. The third-order valence-electron chi connectivity index (χ3n) is 3.07. The Morgan fingerprint density at radius 2 is 1.70 bits per heavy atom. The first kappa shape index (κ1) is 6.62. The number of hydrogen-bond donors (Lipinski definition) is 1. The summed E-state index contributed by atoms with van der Waals surface area (Å²) in [6.45, 7) is 0. The molecule has 1 N–H and O–H groups in total. The lowest BCUT2D eigenvalue weighted by atomic mass is 10.0. The van der Waals surface area contributed by atoms with Crippen LogP contribution in [0, 0.1) is 0 Å². The van der Waals surface area contributed by atoms with Gasteiger partial charge >= 0.3 is 0 Å². The van der Waals surface area contributed by atoms with Crippen LogP contribution in [0.15, 0.2) is 0 Å². The zero-order chi connectivity index (χ0) is 7.14. The number of fused-ring (bicyclic) bond motifs is 2. The van der Waals surface area contributed by atoms with Crippen LogP contribution >= 0.6 is 0 Å². The monoisotopic (exact) mass is 141 g/mol. The third-order valence-corrected chi connectivity index (χ3v) is 3.07. The Morgan fingerprint density at radius 3 is 2.20 bits per heavy atom. The van der Waals surface area contributed by atoms with Crippen LogP contribution in [0.4, 0.5) is 0 Å². The van der Waals surface area contributed by atoms with Crippen molar-refractivity contribution in [3.63, 3.8) is 0 Å². The lowest BCUT2D eigenvalue weighted by molar-refractivity contribution is 0.0503. The summed E-state index contributed by atoms with van der Waals surface area (Å²) >= 11 is 0. The number of rotatable bonds is 0. The van der Waals surface area contributed by atoms with Crippen LogP contribution in [0.25, 0.3) is 0 Å². The van der Waals surface area contributed by atoms with Gasteiger partial charge in [-0.2, -0.15) is 0 Å². The first-order chi connectivity index (χ1) is 4.77. The van der Waals surface area contributed by atoms with E-state index in [4.69, 9.17) is 0 Å². The van der Waals surface area contributed by atoms with Crippen LogP contribution in [-0.2, 0) is 0 Å². The van der Waals surface area contributed by atoms with Crippen molar-refractivity contribution >= 4 is 0 Å². The molecule has 0 spiro atoms. The Labute approximate surface area is 61.8 Å². The number of nitrogens with zero attached hydrogens (tertiary/aromatic N) is 1. The van der Waals surface area contributed by atoms with Crippen molar-refractivity contribution in [1.29, 1.82) is 0 Å². The van der Waals surface area contributed by atoms with Crippen LogP contribution in [0.1, 0.15) is 25.7 Å². The highest BCUT2D eigenvalue weighted by molar-refractivity contribution is 4.93. The fraction of sp³-hybridized carbons (Fsp3) is 1.00. The molecule has 0 amide bonds. The van der Waals surface area contributed by atoms with Crippen molar-refractivity contribution in [2.45, 2.75) is 43.9 Å². The minimum absolute atomic E-state index is 0.00583. The van der Waals surface area contributed by atoms with E-state index in [0.29, 0.717) is 12.1 Å². The zero-order valence-electron chi connectivity index (χ0n) is 6.45. The summed E-state index contributed by atoms with van der Waals surface area (Å²) in [5, 5.41) is 9.38. The van der Waals surface area contributed by atoms with Gasteiger partial charge in [-0.05, 0) is 32.7 Å². The largest absolute Gasteiger partial charge is 0.393 e. The van der Waals surface area contributed by atoms with E-state index < -0.39 is 0 Å². The minimum Gasteiger partial charge on any atom is -0.393 e. The summed E-state index contributed by atoms with van der Waals surface area (Å²) in [4.78, 5) is 2.44. The van der Waals surface area contributed by atoms with Gasteiger partial charge in [-0.3, -0.25) is 0 Å². The average Bonchev–Trinajstić information content (AvgIpc) is 2.20. The molecule has 58 valence electrons. The van der Waals surface area contributed by atoms with E-state index in [0.717, 1.165) is 12.8 Å². The van der Waals surface area contributed by atoms with Gasteiger partial charge in [-0.1, -0.05) is 0 Å². The first-order valence-corrected chi connectivity index (χ1v) is 4.17. The van der Waals surface area contributed by atoms with Crippen LogP contribution < -0.4 is 0 Å². The van der Waals surface area contributed by atoms with E-state index in [1.165, 1.54) is 12.8 Å². The second-order valence-corrected chi connectivity index (χ2v) is 3.68. The molecule has 2 heterocycles. The molecule has 2 aliphatic rings. The predicted molar refractivity (Wildman–Crippen MR) is 39.8 cm³/mol. The Hall–Kier alpha value is -0.0800. The molecule has 0 aliphatic carbocycles. The summed E-state index contributed by atoms with van der Waals surface area (Å²) in [5.41, 5.74) is 0. The lowest BCUT2D eigenvalue weighted by Gasteiger charge is -2.33. The van der Waals surface area contributed by atoms with Crippen LogP contribution in [0.2, 0.25) is 0 Å². The molecule has 0 aromatic carbocycles. The normalized spacial score (nSPS) is 48.0. The Kier molecular flexibility index (Phi) is 1.46. The SMILES string of the molecule is CN1C2CC[C@@H]1C[C@H](O)C2. The number of piperidine rings is 1. The number of aliphatic hydroxyl groups is 1. The van der Waals surface area contributed by atoms with E-state index >= 15 is 0 Å². The lowest BCUT2D eigenvalue weighted by Crippen LogP contribution is -2.41. The summed E-state index contributed by atoms with van der Waals surface area (Å²) in [5.74, 6) is 0. The standard InChI is InChI=1S/C8H15NO/c1-9-6-2-3-7(9)5-8(10)4-6/h6-8,10H,2-5H2,1H3/t6-,7?,8+/m1/s1. The fourth-order valence-corrected chi connectivity index (χ4v) is 2.38. The highest BCUT2D eigenvalue weighted by Gasteiger charge is 2.37. The predicted octanol–water partition coefficient (Wildman–Crippen LogP) is 0.604. The third kappa shape index (κ3) is 0.867. The van der Waals surface area contributed by atoms with Crippen molar-refractivity contribution in [2.24, 2.45) is 0 Å². The van der Waals surface area contributed by atoms with Crippen LogP contribution in [0.5, 0.6) is 0 Å². The molecular formula is C8H15NO. The molecule has 2 nitrogen and oxygen atoms in total. The molecule has 0 aromatic rings. The van der Waals surface area contributed by atoms with Gasteiger partial charge in [0, 0.05) is 12.1 Å². The molecule has 0 saturated carbocycles. The number of hydrogen-bond acceptors (Lipinski definition) is 2. The molecule has 1 unspecified atom stereocenters. The molecule has 2 saturated heterocycles.